The summed E-state index contributed by atoms with van der Waals surface area (Å²) in [6, 6.07) is 12.4. The Labute approximate surface area is 153 Å². The quantitative estimate of drug-likeness (QED) is 0.439. The summed E-state index contributed by atoms with van der Waals surface area (Å²) in [5.74, 6) is 0.540. The predicted octanol–water partition coefficient (Wildman–Crippen LogP) is 4.05. The highest BCUT2D eigenvalue weighted by atomic mass is 16.6. The number of carbonyl (C=O) groups is 1. The number of ether oxygens (including phenoxy) is 1. The van der Waals surface area contributed by atoms with E-state index < -0.39 is 4.92 Å². The molecule has 0 aromatic heterocycles. The van der Waals surface area contributed by atoms with Gasteiger partial charge in [-0.25, -0.2) is 0 Å². The van der Waals surface area contributed by atoms with Gasteiger partial charge in [-0.1, -0.05) is 18.2 Å². The van der Waals surface area contributed by atoms with E-state index in [4.69, 9.17) is 4.74 Å². The minimum atomic E-state index is -0.474. The van der Waals surface area contributed by atoms with Gasteiger partial charge in [0.2, 0.25) is 0 Å². The van der Waals surface area contributed by atoms with Gasteiger partial charge in [-0.05, 0) is 57.4 Å². The molecule has 2 aromatic carbocycles. The number of nitro groups is 1. The van der Waals surface area contributed by atoms with E-state index in [1.165, 1.54) is 6.07 Å². The van der Waals surface area contributed by atoms with Crippen LogP contribution in [0.15, 0.2) is 42.5 Å². The van der Waals surface area contributed by atoms with E-state index in [0.29, 0.717) is 17.7 Å². The van der Waals surface area contributed by atoms with Crippen molar-refractivity contribution in [2.24, 2.45) is 0 Å². The van der Waals surface area contributed by atoms with Crippen molar-refractivity contribution in [3.05, 3.63) is 69.3 Å². The van der Waals surface area contributed by atoms with Crippen molar-refractivity contribution >= 4 is 11.6 Å². The van der Waals surface area contributed by atoms with Gasteiger partial charge in [0.15, 0.2) is 0 Å². The second kappa shape index (κ2) is 8.99. The maximum absolute atomic E-state index is 12.2. The summed E-state index contributed by atoms with van der Waals surface area (Å²) in [5.41, 5.74) is 1.94. The molecular weight excluding hydrogens is 332 g/mol. The molecule has 0 bridgehead atoms. The number of hydrogen-bond donors (Lipinski definition) is 1. The smallest absolute Gasteiger partial charge is 0.273 e. The van der Waals surface area contributed by atoms with Crippen molar-refractivity contribution < 1.29 is 14.5 Å². The standard InChI is InChI=1S/C20H24N2O4/c1-14(2)26-18-8-4-6-16(12-18)7-5-11-21-20(23)17-10-9-15(3)19(13-17)22(24)25/h4,6,8-10,12-14H,5,7,11H2,1-3H3,(H,21,23). The molecule has 0 fully saturated rings. The van der Waals surface area contributed by atoms with Crippen molar-refractivity contribution in [3.63, 3.8) is 0 Å². The Balaban J connectivity index is 1.85. The van der Waals surface area contributed by atoms with Crippen LogP contribution in [0.1, 0.15) is 41.8 Å². The molecule has 0 aliphatic carbocycles. The lowest BCUT2D eigenvalue weighted by Crippen LogP contribution is -2.24. The van der Waals surface area contributed by atoms with Gasteiger partial charge < -0.3 is 10.1 Å². The first-order valence-electron chi connectivity index (χ1n) is 8.65. The summed E-state index contributed by atoms with van der Waals surface area (Å²) in [6.07, 6.45) is 1.71. The average Bonchev–Trinajstić information content (AvgIpc) is 2.58. The van der Waals surface area contributed by atoms with Crippen molar-refractivity contribution in [3.8, 4) is 5.75 Å². The number of benzene rings is 2. The molecule has 2 rings (SSSR count). The van der Waals surface area contributed by atoms with Gasteiger partial charge in [0.25, 0.3) is 11.6 Å². The van der Waals surface area contributed by atoms with E-state index in [-0.39, 0.29) is 17.7 Å². The second-order valence-electron chi connectivity index (χ2n) is 6.43. The fraction of sp³-hybridized carbons (Fsp3) is 0.350. The van der Waals surface area contributed by atoms with Gasteiger partial charge >= 0.3 is 0 Å². The molecule has 0 saturated heterocycles. The molecule has 0 saturated carbocycles. The van der Waals surface area contributed by atoms with Gasteiger partial charge in [0.1, 0.15) is 5.75 Å². The van der Waals surface area contributed by atoms with Gasteiger partial charge in [-0.3, -0.25) is 14.9 Å². The first-order valence-corrected chi connectivity index (χ1v) is 8.65. The van der Waals surface area contributed by atoms with Crippen LogP contribution in [0.3, 0.4) is 0 Å². The van der Waals surface area contributed by atoms with Crippen LogP contribution in [-0.4, -0.2) is 23.5 Å². The molecule has 6 heteroatoms. The monoisotopic (exact) mass is 356 g/mol. The fourth-order valence-corrected chi connectivity index (χ4v) is 2.59. The normalized spacial score (nSPS) is 10.6. The van der Waals surface area contributed by atoms with Gasteiger partial charge in [0, 0.05) is 23.7 Å². The van der Waals surface area contributed by atoms with Crippen molar-refractivity contribution in [2.45, 2.75) is 39.7 Å². The Morgan fingerprint density at radius 2 is 2.00 bits per heavy atom. The number of rotatable bonds is 8. The van der Waals surface area contributed by atoms with Crippen molar-refractivity contribution in [1.82, 2.24) is 5.32 Å². The third-order valence-corrected chi connectivity index (χ3v) is 3.87. The van der Waals surface area contributed by atoms with Gasteiger partial charge in [-0.2, -0.15) is 0 Å². The van der Waals surface area contributed by atoms with Crippen LogP contribution in [-0.2, 0) is 6.42 Å². The number of nitrogens with one attached hydrogen (secondary N) is 1. The van der Waals surface area contributed by atoms with Crippen LogP contribution in [0.5, 0.6) is 5.75 Å². The highest BCUT2D eigenvalue weighted by molar-refractivity contribution is 5.94. The van der Waals surface area contributed by atoms with E-state index in [2.05, 4.69) is 5.32 Å². The maximum Gasteiger partial charge on any atom is 0.273 e. The summed E-state index contributed by atoms with van der Waals surface area (Å²) >= 11 is 0. The van der Waals surface area contributed by atoms with E-state index >= 15 is 0 Å². The van der Waals surface area contributed by atoms with Gasteiger partial charge in [0.05, 0.1) is 11.0 Å². The van der Waals surface area contributed by atoms with E-state index in [0.717, 1.165) is 24.2 Å². The first kappa shape index (κ1) is 19.4. The molecule has 0 spiro atoms. The molecule has 1 amide bonds. The summed E-state index contributed by atoms with van der Waals surface area (Å²) < 4.78 is 5.67. The number of nitrogens with zero attached hydrogens (tertiary/aromatic N) is 1. The van der Waals surface area contributed by atoms with Crippen molar-refractivity contribution in [1.29, 1.82) is 0 Å². The molecule has 0 aliphatic rings. The predicted molar refractivity (Wildman–Crippen MR) is 101 cm³/mol. The number of amides is 1. The van der Waals surface area contributed by atoms with Crippen LogP contribution in [0.2, 0.25) is 0 Å². The Morgan fingerprint density at radius 1 is 1.23 bits per heavy atom. The lowest BCUT2D eigenvalue weighted by Gasteiger charge is -2.11. The summed E-state index contributed by atoms with van der Waals surface area (Å²) in [6.45, 7) is 6.11. The molecule has 0 radical (unpaired) electrons. The van der Waals surface area contributed by atoms with Crippen molar-refractivity contribution in [2.75, 3.05) is 6.54 Å². The maximum atomic E-state index is 12.2. The Bertz CT molecular complexity index is 787. The number of hydrogen-bond acceptors (Lipinski definition) is 4. The molecule has 0 unspecified atom stereocenters. The highest BCUT2D eigenvalue weighted by Gasteiger charge is 2.14. The SMILES string of the molecule is Cc1ccc(C(=O)NCCCc2cccc(OC(C)C)c2)cc1[N+](=O)[O-]. The average molecular weight is 356 g/mol. The lowest BCUT2D eigenvalue weighted by atomic mass is 10.1. The first-order chi connectivity index (χ1) is 12.4. The van der Waals surface area contributed by atoms with Crippen LogP contribution in [0.4, 0.5) is 5.69 Å². The van der Waals surface area contributed by atoms with E-state index in [1.807, 2.05) is 38.1 Å². The zero-order chi connectivity index (χ0) is 19.1. The van der Waals surface area contributed by atoms with Gasteiger partial charge in [-0.15, -0.1) is 0 Å². The largest absolute Gasteiger partial charge is 0.491 e. The van der Waals surface area contributed by atoms with Crippen LogP contribution in [0, 0.1) is 17.0 Å². The second-order valence-corrected chi connectivity index (χ2v) is 6.43. The third kappa shape index (κ3) is 5.58. The summed E-state index contributed by atoms with van der Waals surface area (Å²) in [7, 11) is 0. The summed E-state index contributed by atoms with van der Waals surface area (Å²) in [4.78, 5) is 22.7. The minimum absolute atomic E-state index is 0.0420. The zero-order valence-corrected chi connectivity index (χ0v) is 15.3. The molecule has 0 heterocycles. The van der Waals surface area contributed by atoms with Crippen LogP contribution < -0.4 is 10.1 Å². The fourth-order valence-electron chi connectivity index (χ4n) is 2.59. The molecule has 1 N–H and O–H groups in total. The molecule has 0 atom stereocenters. The molecule has 138 valence electrons. The zero-order valence-electron chi connectivity index (χ0n) is 15.3. The number of nitro benzene ring substituents is 1. The van der Waals surface area contributed by atoms with E-state index in [1.54, 1.807) is 19.1 Å². The Morgan fingerprint density at radius 3 is 2.69 bits per heavy atom. The minimum Gasteiger partial charge on any atom is -0.491 e. The summed E-state index contributed by atoms with van der Waals surface area (Å²) in [5, 5.41) is 13.8. The third-order valence-electron chi connectivity index (χ3n) is 3.87. The van der Waals surface area contributed by atoms with Crippen LogP contribution in [0.25, 0.3) is 0 Å². The number of aryl methyl sites for hydroxylation is 2. The Kier molecular flexibility index (Phi) is 6.72. The highest BCUT2D eigenvalue weighted by Crippen LogP contribution is 2.19. The number of carbonyl (C=O) groups excluding carboxylic acids is 1. The lowest BCUT2D eigenvalue weighted by molar-refractivity contribution is -0.385. The molecule has 26 heavy (non-hydrogen) atoms. The molecule has 2 aromatic rings. The Hall–Kier alpha value is -2.89. The van der Waals surface area contributed by atoms with E-state index in [9.17, 15) is 14.9 Å². The molecule has 0 aliphatic heterocycles. The van der Waals surface area contributed by atoms with Crippen LogP contribution >= 0.6 is 0 Å². The molecule has 6 nitrogen and oxygen atoms in total. The molecular formula is C20H24N2O4. The topological polar surface area (TPSA) is 81.5 Å².